The van der Waals surface area contributed by atoms with Crippen molar-refractivity contribution in [3.05, 3.63) is 40.2 Å². The van der Waals surface area contributed by atoms with Crippen LogP contribution in [0.25, 0.3) is 0 Å². The van der Waals surface area contributed by atoms with Crippen molar-refractivity contribution in [2.24, 2.45) is 0 Å². The predicted molar refractivity (Wildman–Crippen MR) is 46.8 cm³/mol. The Balaban J connectivity index is 3.25. The maximum Gasteiger partial charge on any atom is 0.0685 e. The maximum absolute atomic E-state index is 8.79. The van der Waals surface area contributed by atoms with Gasteiger partial charge in [0, 0.05) is 0 Å². The van der Waals surface area contributed by atoms with E-state index in [1.54, 1.807) is 12.1 Å². The van der Waals surface area contributed by atoms with E-state index >= 15 is 0 Å². The van der Waals surface area contributed by atoms with E-state index in [0.29, 0.717) is 21.2 Å². The van der Waals surface area contributed by atoms with Crippen molar-refractivity contribution in [1.82, 2.24) is 0 Å². The van der Waals surface area contributed by atoms with Gasteiger partial charge in [0.15, 0.2) is 0 Å². The highest BCUT2D eigenvalue weighted by Gasteiger charge is 2.04. The van der Waals surface area contributed by atoms with E-state index in [1.165, 1.54) is 0 Å². The second kappa shape index (κ2) is 3.44. The molecule has 0 aliphatic heterocycles. The molecule has 0 aromatic heterocycles. The van der Waals surface area contributed by atoms with Crippen LogP contribution in [0.3, 0.4) is 0 Å². The summed E-state index contributed by atoms with van der Waals surface area (Å²) in [5.41, 5.74) is 1.31. The quantitative estimate of drug-likeness (QED) is 0.721. The van der Waals surface area contributed by atoms with Crippen LogP contribution < -0.4 is 0 Å². The second-order valence-corrected chi connectivity index (χ2v) is 2.94. The molecule has 0 atom stereocenters. The van der Waals surface area contributed by atoms with Crippen LogP contribution in [0.5, 0.6) is 0 Å². The summed E-state index contributed by atoms with van der Waals surface area (Å²) in [5.74, 6) is 0. The molecule has 1 nitrogen and oxygen atoms in total. The molecule has 0 spiro atoms. The Hall–Kier alpha value is -0.240. The summed E-state index contributed by atoms with van der Waals surface area (Å²) in [6, 6.07) is 3.35. The van der Waals surface area contributed by atoms with Crippen LogP contribution in [0.2, 0.25) is 10.0 Å². The largest absolute Gasteiger partial charge is 0.392 e. The minimum Gasteiger partial charge on any atom is -0.392 e. The van der Waals surface area contributed by atoms with Gasteiger partial charge in [-0.1, -0.05) is 29.3 Å². The molecule has 0 aliphatic carbocycles. The first-order valence-corrected chi connectivity index (χ1v) is 3.82. The summed E-state index contributed by atoms with van der Waals surface area (Å²) in [6.07, 6.45) is 0. The smallest absolute Gasteiger partial charge is 0.0685 e. The summed E-state index contributed by atoms with van der Waals surface area (Å²) in [4.78, 5) is 0. The summed E-state index contributed by atoms with van der Waals surface area (Å²) < 4.78 is 0. The molecule has 0 unspecified atom stereocenters. The minimum absolute atomic E-state index is 0.0598. The molecular formula is C8H7Cl2O. The number of aliphatic hydroxyl groups is 1. The van der Waals surface area contributed by atoms with Crippen LogP contribution in [-0.2, 0) is 6.61 Å². The zero-order valence-electron chi connectivity index (χ0n) is 5.77. The third-order valence-electron chi connectivity index (χ3n) is 1.46. The Kier molecular flexibility index (Phi) is 2.77. The van der Waals surface area contributed by atoms with Gasteiger partial charge in [-0.15, -0.1) is 0 Å². The van der Waals surface area contributed by atoms with Gasteiger partial charge in [0.05, 0.1) is 16.7 Å². The molecule has 1 rings (SSSR count). The molecule has 1 aromatic carbocycles. The van der Waals surface area contributed by atoms with E-state index in [9.17, 15) is 0 Å². The highest BCUT2D eigenvalue weighted by Crippen LogP contribution is 2.27. The van der Waals surface area contributed by atoms with Crippen molar-refractivity contribution in [3.63, 3.8) is 0 Å². The van der Waals surface area contributed by atoms with Gasteiger partial charge in [-0.25, -0.2) is 0 Å². The number of hydrogen-bond donors (Lipinski definition) is 1. The van der Waals surface area contributed by atoms with Crippen molar-refractivity contribution in [2.75, 3.05) is 0 Å². The van der Waals surface area contributed by atoms with Crippen LogP contribution in [-0.4, -0.2) is 5.11 Å². The fraction of sp³-hybridized carbons (Fsp3) is 0.125. The Morgan fingerprint density at radius 3 is 2.55 bits per heavy atom. The van der Waals surface area contributed by atoms with Gasteiger partial charge in [-0.05, 0) is 24.1 Å². The molecular weight excluding hydrogens is 183 g/mol. The monoisotopic (exact) mass is 189 g/mol. The molecule has 3 heteroatoms. The summed E-state index contributed by atoms with van der Waals surface area (Å²) in [6.45, 7) is 3.62. The van der Waals surface area contributed by atoms with E-state index in [2.05, 4.69) is 6.92 Å². The van der Waals surface area contributed by atoms with Gasteiger partial charge in [0.1, 0.15) is 0 Å². The molecule has 0 heterocycles. The van der Waals surface area contributed by atoms with Crippen molar-refractivity contribution >= 4 is 23.2 Å². The second-order valence-electron chi connectivity index (χ2n) is 2.16. The van der Waals surface area contributed by atoms with Crippen LogP contribution >= 0.6 is 23.2 Å². The van der Waals surface area contributed by atoms with E-state index in [1.807, 2.05) is 0 Å². The van der Waals surface area contributed by atoms with Crippen LogP contribution in [0.15, 0.2) is 12.1 Å². The number of halogens is 2. The highest BCUT2D eigenvalue weighted by atomic mass is 35.5. The highest BCUT2D eigenvalue weighted by molar-refractivity contribution is 6.42. The fourth-order valence-electron chi connectivity index (χ4n) is 0.781. The normalized spacial score (nSPS) is 10.2. The van der Waals surface area contributed by atoms with Crippen molar-refractivity contribution in [3.8, 4) is 0 Å². The first-order chi connectivity index (χ1) is 5.16. The van der Waals surface area contributed by atoms with E-state index in [-0.39, 0.29) is 6.61 Å². The van der Waals surface area contributed by atoms with E-state index in [4.69, 9.17) is 28.3 Å². The number of aliphatic hydroxyl groups excluding tert-OH is 1. The van der Waals surface area contributed by atoms with E-state index < -0.39 is 0 Å². The molecule has 0 saturated carbocycles. The molecule has 0 bridgehead atoms. The summed E-state index contributed by atoms with van der Waals surface area (Å²) in [7, 11) is 0. The Bertz CT molecular complexity index is 271. The van der Waals surface area contributed by atoms with Crippen molar-refractivity contribution < 1.29 is 5.11 Å². The average Bonchev–Trinajstić information content (AvgIpc) is 2.01. The molecule has 11 heavy (non-hydrogen) atoms. The fourth-order valence-corrected chi connectivity index (χ4v) is 1.14. The van der Waals surface area contributed by atoms with Crippen molar-refractivity contribution in [1.29, 1.82) is 0 Å². The first-order valence-electron chi connectivity index (χ1n) is 3.06. The zero-order valence-corrected chi connectivity index (χ0v) is 7.28. The van der Waals surface area contributed by atoms with E-state index in [0.717, 1.165) is 0 Å². The van der Waals surface area contributed by atoms with Crippen molar-refractivity contribution in [2.45, 2.75) is 6.61 Å². The number of benzene rings is 1. The summed E-state index contributed by atoms with van der Waals surface area (Å²) >= 11 is 11.4. The third kappa shape index (κ3) is 1.67. The zero-order chi connectivity index (χ0) is 8.43. The van der Waals surface area contributed by atoms with Gasteiger partial charge in [0.25, 0.3) is 0 Å². The number of hydrogen-bond acceptors (Lipinski definition) is 1. The molecule has 0 saturated heterocycles. The molecule has 0 amide bonds. The van der Waals surface area contributed by atoms with Gasteiger partial charge >= 0.3 is 0 Å². The molecule has 1 aromatic rings. The lowest BCUT2D eigenvalue weighted by molar-refractivity contribution is 0.281. The van der Waals surface area contributed by atoms with Crippen LogP contribution in [0.4, 0.5) is 0 Å². The molecule has 59 valence electrons. The van der Waals surface area contributed by atoms with Gasteiger partial charge in [0.2, 0.25) is 0 Å². The Morgan fingerprint density at radius 1 is 1.36 bits per heavy atom. The predicted octanol–water partition coefficient (Wildman–Crippen LogP) is 2.67. The first kappa shape index (κ1) is 8.85. The average molecular weight is 190 g/mol. The Labute approximate surface area is 75.6 Å². The van der Waals surface area contributed by atoms with Gasteiger partial charge in [-0.2, -0.15) is 0 Å². The SMILES string of the molecule is [CH2]c1c(CO)ccc(Cl)c1Cl. The van der Waals surface area contributed by atoms with Crippen LogP contribution in [0, 0.1) is 6.92 Å². The molecule has 0 aliphatic rings. The van der Waals surface area contributed by atoms with Gasteiger partial charge in [-0.3, -0.25) is 0 Å². The Morgan fingerprint density at radius 2 is 2.00 bits per heavy atom. The maximum atomic E-state index is 8.79. The molecule has 1 N–H and O–H groups in total. The lowest BCUT2D eigenvalue weighted by Gasteiger charge is -2.04. The van der Waals surface area contributed by atoms with Crippen LogP contribution in [0.1, 0.15) is 11.1 Å². The minimum atomic E-state index is -0.0598. The lowest BCUT2D eigenvalue weighted by atomic mass is 10.1. The van der Waals surface area contributed by atoms with Gasteiger partial charge < -0.3 is 5.11 Å². The molecule has 1 radical (unpaired) electrons. The topological polar surface area (TPSA) is 20.2 Å². The lowest BCUT2D eigenvalue weighted by Crippen LogP contribution is -1.89. The third-order valence-corrected chi connectivity index (χ3v) is 2.31. The molecule has 0 fully saturated rings. The summed E-state index contributed by atoms with van der Waals surface area (Å²) in [5, 5.41) is 9.67. The number of rotatable bonds is 1. The standard InChI is InChI=1S/C8H7Cl2O/c1-5-6(4-11)2-3-7(9)8(5)10/h2-3,11H,1,4H2.